The fourth-order valence-corrected chi connectivity index (χ4v) is 12.2. The van der Waals surface area contributed by atoms with E-state index in [4.69, 9.17) is 9.47 Å². The Kier molecular flexibility index (Phi) is 6.76. The number of fused-ring (bicyclic) bond motifs is 7. The largest absolute Gasteiger partial charge is 0.465 e. The molecule has 0 radical (unpaired) electrons. The van der Waals surface area contributed by atoms with Gasteiger partial charge in [-0.2, -0.15) is 0 Å². The van der Waals surface area contributed by atoms with Crippen molar-refractivity contribution in [1.82, 2.24) is 0 Å². The number of esters is 2. The summed E-state index contributed by atoms with van der Waals surface area (Å²) in [5.74, 6) is 2.76. The maximum absolute atomic E-state index is 11.9. The van der Waals surface area contributed by atoms with E-state index in [0.717, 1.165) is 12.8 Å². The number of rotatable bonds is 4. The molecule has 214 valence electrons. The van der Waals surface area contributed by atoms with Gasteiger partial charge in [0.1, 0.15) is 6.10 Å². The smallest absolute Gasteiger partial charge is 0.302 e. The summed E-state index contributed by atoms with van der Waals surface area (Å²) in [7, 11) is 0. The molecule has 0 saturated heterocycles. The summed E-state index contributed by atoms with van der Waals surface area (Å²) in [6.07, 6.45) is 12.0. The lowest BCUT2D eigenvalue weighted by atomic mass is 9.32. The van der Waals surface area contributed by atoms with Gasteiger partial charge in [-0.3, -0.25) is 9.59 Å². The Balaban J connectivity index is 1.49. The molecule has 4 heteroatoms. The molecule has 5 saturated carbocycles. The minimum absolute atomic E-state index is 0.00000109. The summed E-state index contributed by atoms with van der Waals surface area (Å²) >= 11 is 0. The van der Waals surface area contributed by atoms with Gasteiger partial charge in [0.2, 0.25) is 0 Å². The fourth-order valence-electron chi connectivity index (χ4n) is 12.2. The molecule has 0 heterocycles. The van der Waals surface area contributed by atoms with E-state index in [9.17, 15) is 9.59 Å². The van der Waals surface area contributed by atoms with E-state index in [0.29, 0.717) is 41.6 Å². The topological polar surface area (TPSA) is 52.6 Å². The molecular weight excluding hydrogens is 472 g/mol. The first-order chi connectivity index (χ1) is 17.6. The monoisotopic (exact) mass is 526 g/mol. The van der Waals surface area contributed by atoms with E-state index in [1.54, 1.807) is 13.8 Å². The van der Waals surface area contributed by atoms with Crippen molar-refractivity contribution in [2.75, 3.05) is 6.61 Å². The Morgan fingerprint density at radius 1 is 0.763 bits per heavy atom. The first-order valence-corrected chi connectivity index (χ1v) is 15.6. The van der Waals surface area contributed by atoms with Crippen molar-refractivity contribution in [3.05, 3.63) is 12.2 Å². The van der Waals surface area contributed by atoms with E-state index < -0.39 is 0 Å². The molecule has 5 aliphatic rings. The third kappa shape index (κ3) is 3.80. The summed E-state index contributed by atoms with van der Waals surface area (Å²) < 4.78 is 11.7. The highest BCUT2D eigenvalue weighted by atomic mass is 16.5. The van der Waals surface area contributed by atoms with Gasteiger partial charge in [-0.1, -0.05) is 46.8 Å². The number of carbonyl (C=O) groups is 2. The summed E-state index contributed by atoms with van der Waals surface area (Å²) in [6.45, 7) is 23.1. The summed E-state index contributed by atoms with van der Waals surface area (Å²) in [5, 5.41) is 0. The number of ether oxygens (including phenoxy) is 2. The van der Waals surface area contributed by atoms with Crippen LogP contribution in [0.15, 0.2) is 12.2 Å². The second-order valence-electron chi connectivity index (χ2n) is 15.8. The molecule has 0 spiro atoms. The summed E-state index contributed by atoms with van der Waals surface area (Å²) in [4.78, 5) is 23.8. The number of allylic oxidation sites excluding steroid dienone is 1. The fraction of sp³-hybridized carbons (Fsp3) is 0.882. The number of hydrogen-bond acceptors (Lipinski definition) is 4. The predicted molar refractivity (Wildman–Crippen MR) is 151 cm³/mol. The molecule has 5 fully saturated rings. The highest BCUT2D eigenvalue weighted by Gasteiger charge is 2.71. The summed E-state index contributed by atoms with van der Waals surface area (Å²) in [6, 6.07) is 0. The zero-order valence-corrected chi connectivity index (χ0v) is 25.6. The van der Waals surface area contributed by atoms with Crippen molar-refractivity contribution in [2.45, 2.75) is 126 Å². The van der Waals surface area contributed by atoms with Crippen LogP contribution in [0.5, 0.6) is 0 Å². The average molecular weight is 527 g/mol. The Labute approximate surface area is 232 Å². The van der Waals surface area contributed by atoms with Gasteiger partial charge in [0.15, 0.2) is 0 Å². The molecule has 0 aromatic carbocycles. The van der Waals surface area contributed by atoms with Gasteiger partial charge >= 0.3 is 11.9 Å². The first kappa shape index (κ1) is 28.2. The van der Waals surface area contributed by atoms with E-state index in [2.05, 4.69) is 48.1 Å². The van der Waals surface area contributed by atoms with Gasteiger partial charge < -0.3 is 9.47 Å². The van der Waals surface area contributed by atoms with E-state index in [1.165, 1.54) is 56.9 Å². The standard InChI is InChI=1S/C34H54O4/c1-21(2)24-12-17-34(20-37-22(3)35)19-18-32(8)25(29(24)34)10-11-27-31(7)15-14-28(38-23(4)36)30(5,6)26(31)13-16-33(27,32)9/h24-29H,1,10-20H2,2-9H3/t24-,25+,26-,27-,28+,29-,31-,32+,33+,34+/m0/s1. The minimum atomic E-state index is -0.140. The zero-order chi connectivity index (χ0) is 27.9. The van der Waals surface area contributed by atoms with E-state index in [-0.39, 0.29) is 39.7 Å². The molecule has 38 heavy (non-hydrogen) atoms. The van der Waals surface area contributed by atoms with E-state index in [1.807, 2.05) is 0 Å². The molecular formula is C34H54O4. The Bertz CT molecular complexity index is 998. The van der Waals surface area contributed by atoms with Crippen molar-refractivity contribution in [1.29, 1.82) is 0 Å². The Morgan fingerprint density at radius 2 is 1.47 bits per heavy atom. The van der Waals surface area contributed by atoms with Crippen molar-refractivity contribution in [2.24, 2.45) is 56.7 Å². The van der Waals surface area contributed by atoms with Crippen LogP contribution in [0.3, 0.4) is 0 Å². The van der Waals surface area contributed by atoms with Crippen molar-refractivity contribution >= 4 is 11.9 Å². The molecule has 0 aliphatic heterocycles. The van der Waals surface area contributed by atoms with Crippen LogP contribution in [0, 0.1) is 56.7 Å². The van der Waals surface area contributed by atoms with Gasteiger partial charge in [0.05, 0.1) is 6.61 Å². The van der Waals surface area contributed by atoms with Gasteiger partial charge in [-0.25, -0.2) is 0 Å². The lowest BCUT2D eigenvalue weighted by molar-refractivity contribution is -0.252. The third-order valence-electron chi connectivity index (χ3n) is 14.0. The maximum atomic E-state index is 11.9. The first-order valence-electron chi connectivity index (χ1n) is 15.6. The molecule has 0 aromatic rings. The quantitative estimate of drug-likeness (QED) is 0.274. The molecule has 4 nitrogen and oxygen atoms in total. The Morgan fingerprint density at radius 3 is 2.11 bits per heavy atom. The van der Waals surface area contributed by atoms with Crippen LogP contribution in [0.4, 0.5) is 0 Å². The Hall–Kier alpha value is -1.32. The van der Waals surface area contributed by atoms with Crippen molar-refractivity contribution < 1.29 is 19.1 Å². The van der Waals surface area contributed by atoms with Crippen LogP contribution in [0.2, 0.25) is 0 Å². The molecule has 0 bridgehead atoms. The van der Waals surface area contributed by atoms with Crippen LogP contribution in [-0.4, -0.2) is 24.6 Å². The molecule has 0 amide bonds. The zero-order valence-electron chi connectivity index (χ0n) is 25.6. The maximum Gasteiger partial charge on any atom is 0.302 e. The van der Waals surface area contributed by atoms with Gasteiger partial charge in [-0.05, 0) is 117 Å². The average Bonchev–Trinajstić information content (AvgIpc) is 3.20. The molecule has 0 aromatic heterocycles. The van der Waals surface area contributed by atoms with Crippen LogP contribution < -0.4 is 0 Å². The molecule has 0 unspecified atom stereocenters. The van der Waals surface area contributed by atoms with Crippen molar-refractivity contribution in [3.8, 4) is 0 Å². The second-order valence-corrected chi connectivity index (χ2v) is 15.8. The van der Waals surface area contributed by atoms with Gasteiger partial charge in [0.25, 0.3) is 0 Å². The lowest BCUT2D eigenvalue weighted by Crippen LogP contribution is -2.67. The number of hydrogen-bond donors (Lipinski definition) is 0. The molecule has 10 atom stereocenters. The van der Waals surface area contributed by atoms with Crippen LogP contribution in [0.25, 0.3) is 0 Å². The molecule has 5 rings (SSSR count). The normalized spacial score (nSPS) is 49.1. The number of carbonyl (C=O) groups excluding carboxylic acids is 2. The van der Waals surface area contributed by atoms with Crippen LogP contribution in [-0.2, 0) is 19.1 Å². The molecule has 5 aliphatic carbocycles. The third-order valence-corrected chi connectivity index (χ3v) is 14.0. The van der Waals surface area contributed by atoms with Gasteiger partial charge in [-0.15, -0.1) is 0 Å². The summed E-state index contributed by atoms with van der Waals surface area (Å²) in [5.41, 5.74) is 2.30. The predicted octanol–water partition coefficient (Wildman–Crippen LogP) is 8.14. The minimum Gasteiger partial charge on any atom is -0.465 e. The van der Waals surface area contributed by atoms with Crippen LogP contribution in [0.1, 0.15) is 120 Å². The van der Waals surface area contributed by atoms with Gasteiger partial charge in [0, 0.05) is 24.7 Å². The lowest BCUT2D eigenvalue weighted by Gasteiger charge is -2.73. The molecule has 0 N–H and O–H groups in total. The second kappa shape index (κ2) is 9.10. The SMILES string of the molecule is C=C(C)[C@@H]1CC[C@]2(COC(C)=O)CC[C@]3(C)[C@H](CC[C@H]4[C@@]5(C)CC[C@@H](OC(C)=O)C(C)(C)[C@@H]5CC[C@]43C)[C@H]12. The van der Waals surface area contributed by atoms with Crippen molar-refractivity contribution in [3.63, 3.8) is 0 Å². The van der Waals surface area contributed by atoms with E-state index >= 15 is 0 Å². The highest BCUT2D eigenvalue weighted by molar-refractivity contribution is 5.66. The van der Waals surface area contributed by atoms with Crippen LogP contribution >= 0.6 is 0 Å². The highest BCUT2D eigenvalue weighted by Crippen LogP contribution is 2.77.